The summed E-state index contributed by atoms with van der Waals surface area (Å²) in [4.78, 5) is 42.5. The fraction of sp³-hybridized carbons (Fsp3) is 0.143. The molecule has 2 N–H and O–H groups in total. The number of aromatic amines is 1. The molecule has 1 aromatic heterocycles. The molecule has 3 rings (SSSR count). The number of halogens is 1. The van der Waals surface area contributed by atoms with Gasteiger partial charge in [0, 0.05) is 10.7 Å². The predicted octanol–water partition coefficient (Wildman–Crippen LogP) is 3.23. The van der Waals surface area contributed by atoms with Gasteiger partial charge in [0.05, 0.1) is 23.5 Å². The number of H-pyrrole nitrogens is 1. The average molecular weight is 472 g/mol. The van der Waals surface area contributed by atoms with E-state index in [2.05, 4.69) is 25.9 Å². The van der Waals surface area contributed by atoms with Gasteiger partial charge >= 0.3 is 11.7 Å². The van der Waals surface area contributed by atoms with E-state index in [0.29, 0.717) is 16.9 Å². The van der Waals surface area contributed by atoms with Crippen molar-refractivity contribution in [3.63, 3.8) is 0 Å². The molecule has 1 heterocycles. The number of benzene rings is 2. The summed E-state index contributed by atoms with van der Waals surface area (Å²) >= 11 is 3.38. The molecular weight excluding hydrogens is 454 g/mol. The second kappa shape index (κ2) is 8.91. The molecule has 9 heteroatoms. The van der Waals surface area contributed by atoms with Crippen LogP contribution in [0.2, 0.25) is 0 Å². The van der Waals surface area contributed by atoms with Gasteiger partial charge in [-0.1, -0.05) is 15.9 Å². The van der Waals surface area contributed by atoms with Crippen LogP contribution in [0.3, 0.4) is 0 Å². The van der Waals surface area contributed by atoms with E-state index in [-0.39, 0.29) is 12.2 Å². The lowest BCUT2D eigenvalue weighted by Gasteiger charge is -2.11. The molecule has 0 amide bonds. The molecule has 0 aliphatic heterocycles. The van der Waals surface area contributed by atoms with Crippen LogP contribution in [0.4, 0.5) is 5.69 Å². The Labute approximate surface area is 179 Å². The molecule has 0 saturated carbocycles. The van der Waals surface area contributed by atoms with Crippen LogP contribution in [0.5, 0.6) is 5.88 Å². The van der Waals surface area contributed by atoms with Crippen LogP contribution >= 0.6 is 15.9 Å². The fourth-order valence-electron chi connectivity index (χ4n) is 2.70. The molecule has 0 atom stereocenters. The SMILES string of the molecule is CCOC(=O)c1ccc(N=Cc2c(O)n(-c3ccc(Br)c(C)c3)c(=O)[nH]c2=O)cc1. The normalized spacial score (nSPS) is 11.0. The highest BCUT2D eigenvalue weighted by molar-refractivity contribution is 9.10. The van der Waals surface area contributed by atoms with E-state index in [0.717, 1.165) is 20.8 Å². The molecule has 2 aromatic carbocycles. The number of nitrogens with one attached hydrogen (secondary N) is 1. The summed E-state index contributed by atoms with van der Waals surface area (Å²) in [5, 5.41) is 10.6. The van der Waals surface area contributed by atoms with E-state index in [4.69, 9.17) is 4.74 Å². The van der Waals surface area contributed by atoms with Crippen molar-refractivity contribution in [2.75, 3.05) is 6.61 Å². The van der Waals surface area contributed by atoms with Gasteiger partial charge < -0.3 is 9.84 Å². The highest BCUT2D eigenvalue weighted by Gasteiger charge is 2.15. The number of nitrogens with zero attached hydrogens (tertiary/aromatic N) is 2. The van der Waals surface area contributed by atoms with Crippen molar-refractivity contribution in [1.29, 1.82) is 0 Å². The van der Waals surface area contributed by atoms with Crippen LogP contribution in [0.1, 0.15) is 28.4 Å². The van der Waals surface area contributed by atoms with Crippen molar-refractivity contribution in [3.05, 3.63) is 84.5 Å². The minimum absolute atomic E-state index is 0.176. The van der Waals surface area contributed by atoms with Crippen LogP contribution in [-0.2, 0) is 4.74 Å². The van der Waals surface area contributed by atoms with Crippen molar-refractivity contribution >= 4 is 33.8 Å². The zero-order valence-electron chi connectivity index (χ0n) is 16.2. The maximum absolute atomic E-state index is 12.3. The first-order valence-corrected chi connectivity index (χ1v) is 9.77. The Morgan fingerprint density at radius 1 is 1.23 bits per heavy atom. The molecular formula is C21H18BrN3O5. The fourth-order valence-corrected chi connectivity index (χ4v) is 2.95. The average Bonchev–Trinajstić information content (AvgIpc) is 2.71. The van der Waals surface area contributed by atoms with Crippen molar-refractivity contribution in [2.24, 2.45) is 4.99 Å². The number of aliphatic imine (C=N–C) groups is 1. The van der Waals surface area contributed by atoms with E-state index in [1.54, 1.807) is 49.4 Å². The molecule has 0 radical (unpaired) electrons. The van der Waals surface area contributed by atoms with Gasteiger partial charge in [-0.2, -0.15) is 0 Å². The molecule has 0 unspecified atom stereocenters. The van der Waals surface area contributed by atoms with Gasteiger partial charge in [0.2, 0.25) is 5.88 Å². The number of aromatic nitrogens is 2. The maximum Gasteiger partial charge on any atom is 0.338 e. The summed E-state index contributed by atoms with van der Waals surface area (Å²) < 4.78 is 6.76. The van der Waals surface area contributed by atoms with Crippen LogP contribution in [0.25, 0.3) is 5.69 Å². The lowest BCUT2D eigenvalue weighted by Crippen LogP contribution is -2.31. The number of esters is 1. The van der Waals surface area contributed by atoms with Gasteiger partial charge in [0.25, 0.3) is 5.56 Å². The molecule has 0 aliphatic rings. The van der Waals surface area contributed by atoms with Gasteiger partial charge in [-0.15, -0.1) is 0 Å². The number of rotatable bonds is 5. The standard InChI is InChI=1S/C21H18BrN3O5/c1-3-30-20(28)13-4-6-14(7-5-13)23-11-16-18(26)24-21(29)25(19(16)27)15-8-9-17(22)12(2)10-15/h4-11,27H,3H2,1-2H3,(H,24,26,29). The minimum atomic E-state index is -0.769. The Kier molecular flexibility index (Phi) is 6.31. The third-order valence-corrected chi connectivity index (χ3v) is 5.13. The second-order valence-electron chi connectivity index (χ2n) is 6.29. The van der Waals surface area contributed by atoms with Crippen molar-refractivity contribution < 1.29 is 14.6 Å². The highest BCUT2D eigenvalue weighted by atomic mass is 79.9. The number of hydrogen-bond donors (Lipinski definition) is 2. The third-order valence-electron chi connectivity index (χ3n) is 4.24. The zero-order valence-corrected chi connectivity index (χ0v) is 17.8. The molecule has 154 valence electrons. The number of aromatic hydroxyl groups is 1. The lowest BCUT2D eigenvalue weighted by atomic mass is 10.2. The van der Waals surface area contributed by atoms with Crippen LogP contribution in [0, 0.1) is 6.92 Å². The van der Waals surface area contributed by atoms with Crippen LogP contribution < -0.4 is 11.2 Å². The summed E-state index contributed by atoms with van der Waals surface area (Å²) in [6, 6.07) is 11.3. The number of hydrogen-bond acceptors (Lipinski definition) is 6. The number of carbonyl (C=O) groups excluding carboxylic acids is 1. The molecule has 0 saturated heterocycles. The first kappa shape index (κ1) is 21.3. The summed E-state index contributed by atoms with van der Waals surface area (Å²) in [7, 11) is 0. The summed E-state index contributed by atoms with van der Waals surface area (Å²) in [6.07, 6.45) is 1.16. The van der Waals surface area contributed by atoms with Crippen molar-refractivity contribution in [2.45, 2.75) is 13.8 Å². The molecule has 0 spiro atoms. The van der Waals surface area contributed by atoms with Gasteiger partial charge in [-0.05, 0) is 61.9 Å². The number of carbonyl (C=O) groups is 1. The van der Waals surface area contributed by atoms with E-state index in [9.17, 15) is 19.5 Å². The number of aryl methyl sites for hydroxylation is 1. The molecule has 8 nitrogen and oxygen atoms in total. The summed E-state index contributed by atoms with van der Waals surface area (Å²) in [5.41, 5.74) is 0.341. The topological polar surface area (TPSA) is 114 Å². The molecule has 0 aliphatic carbocycles. The van der Waals surface area contributed by atoms with Gasteiger partial charge in [0.1, 0.15) is 5.56 Å². The summed E-state index contributed by atoms with van der Waals surface area (Å²) in [5.74, 6) is -0.976. The first-order chi connectivity index (χ1) is 14.3. The Hall–Kier alpha value is -3.46. The molecule has 30 heavy (non-hydrogen) atoms. The summed E-state index contributed by atoms with van der Waals surface area (Å²) in [6.45, 7) is 3.83. The highest BCUT2D eigenvalue weighted by Crippen LogP contribution is 2.22. The van der Waals surface area contributed by atoms with Crippen molar-refractivity contribution in [1.82, 2.24) is 9.55 Å². The Morgan fingerprint density at radius 2 is 1.93 bits per heavy atom. The van der Waals surface area contributed by atoms with E-state index < -0.39 is 23.1 Å². The van der Waals surface area contributed by atoms with Gasteiger partial charge in [0.15, 0.2) is 0 Å². The van der Waals surface area contributed by atoms with E-state index in [1.165, 1.54) is 0 Å². The van der Waals surface area contributed by atoms with Gasteiger partial charge in [-0.3, -0.25) is 14.8 Å². The Morgan fingerprint density at radius 3 is 2.57 bits per heavy atom. The van der Waals surface area contributed by atoms with E-state index >= 15 is 0 Å². The monoisotopic (exact) mass is 471 g/mol. The minimum Gasteiger partial charge on any atom is -0.493 e. The third kappa shape index (κ3) is 4.41. The van der Waals surface area contributed by atoms with E-state index in [1.807, 2.05) is 6.92 Å². The van der Waals surface area contributed by atoms with Crippen molar-refractivity contribution in [3.8, 4) is 11.6 Å². The first-order valence-electron chi connectivity index (χ1n) is 8.98. The Balaban J connectivity index is 1.98. The molecule has 0 fully saturated rings. The predicted molar refractivity (Wildman–Crippen MR) is 116 cm³/mol. The lowest BCUT2D eigenvalue weighted by molar-refractivity contribution is 0.0526. The quantitative estimate of drug-likeness (QED) is 0.437. The molecule has 0 bridgehead atoms. The zero-order chi connectivity index (χ0) is 21.8. The Bertz CT molecular complexity index is 1240. The van der Waals surface area contributed by atoms with Gasteiger partial charge in [-0.25, -0.2) is 14.2 Å². The van der Waals surface area contributed by atoms with Crippen LogP contribution in [0.15, 0.2) is 61.5 Å². The smallest absolute Gasteiger partial charge is 0.338 e. The molecule has 3 aromatic rings. The number of ether oxygens (including phenoxy) is 1. The maximum atomic E-state index is 12.3. The largest absolute Gasteiger partial charge is 0.493 e. The second-order valence-corrected chi connectivity index (χ2v) is 7.15. The van der Waals surface area contributed by atoms with Crippen LogP contribution in [-0.4, -0.2) is 33.4 Å².